The molecule has 11 heteroatoms. The van der Waals surface area contributed by atoms with Crippen molar-refractivity contribution in [1.29, 1.82) is 10.5 Å². The monoisotopic (exact) mass is 490 g/mol. The maximum absolute atomic E-state index is 9.70. The van der Waals surface area contributed by atoms with Crippen molar-refractivity contribution in [3.05, 3.63) is 34.6 Å². The first-order valence-electron chi connectivity index (χ1n) is 11.8. The summed E-state index contributed by atoms with van der Waals surface area (Å²) in [5, 5.41) is 30.4. The van der Waals surface area contributed by atoms with Gasteiger partial charge in [-0.15, -0.1) is 5.10 Å². The van der Waals surface area contributed by atoms with Crippen LogP contribution in [0.2, 0.25) is 5.02 Å². The van der Waals surface area contributed by atoms with Crippen molar-refractivity contribution in [2.75, 3.05) is 55.3 Å². The maximum Gasteiger partial charge on any atom is 0.247 e. The predicted octanol–water partition coefficient (Wildman–Crippen LogP) is 3.62. The Labute approximate surface area is 209 Å². The minimum absolute atomic E-state index is 0.248. The fourth-order valence-corrected chi connectivity index (χ4v) is 5.48. The number of nitrogens with one attached hydrogen (secondary N) is 2. The van der Waals surface area contributed by atoms with Crippen LogP contribution in [-0.4, -0.2) is 64.3 Å². The lowest BCUT2D eigenvalue weighted by atomic mass is 9.77. The van der Waals surface area contributed by atoms with Crippen molar-refractivity contribution in [2.24, 2.45) is 5.41 Å². The number of hydrogen-bond acceptors (Lipinski definition) is 9. The Hall–Kier alpha value is -3.60. The fraction of sp³-hybridized carbons (Fsp3) is 0.458. The number of piperidine rings is 1. The molecule has 0 aliphatic carbocycles. The van der Waals surface area contributed by atoms with Crippen LogP contribution in [0.15, 0.2) is 18.3 Å². The van der Waals surface area contributed by atoms with Crippen LogP contribution in [0.3, 0.4) is 0 Å². The van der Waals surface area contributed by atoms with Crippen LogP contribution in [0.5, 0.6) is 0 Å². The Bertz CT molecular complexity index is 1340. The number of fused-ring (bicyclic) bond motifs is 1. The highest BCUT2D eigenvalue weighted by Crippen LogP contribution is 2.43. The highest BCUT2D eigenvalue weighted by molar-refractivity contribution is 6.36. The van der Waals surface area contributed by atoms with Gasteiger partial charge in [-0.2, -0.15) is 20.0 Å². The van der Waals surface area contributed by atoms with E-state index in [1.807, 2.05) is 13.0 Å². The van der Waals surface area contributed by atoms with E-state index in [9.17, 15) is 10.5 Å². The summed E-state index contributed by atoms with van der Waals surface area (Å²) in [6.07, 6.45) is 4.91. The number of anilines is 4. The molecule has 1 aromatic carbocycles. The Morgan fingerprint density at radius 1 is 1.14 bits per heavy atom. The number of likely N-dealkylation sites (tertiary alicyclic amines) is 1. The zero-order valence-corrected chi connectivity index (χ0v) is 20.6. The van der Waals surface area contributed by atoms with Crippen molar-refractivity contribution < 1.29 is 0 Å². The van der Waals surface area contributed by atoms with Gasteiger partial charge >= 0.3 is 0 Å². The summed E-state index contributed by atoms with van der Waals surface area (Å²) in [6.45, 7) is 6.67. The van der Waals surface area contributed by atoms with E-state index in [-0.39, 0.29) is 5.95 Å². The van der Waals surface area contributed by atoms with Gasteiger partial charge in [-0.1, -0.05) is 11.6 Å². The van der Waals surface area contributed by atoms with Crippen LogP contribution >= 0.6 is 11.6 Å². The molecule has 1 spiro atoms. The molecule has 35 heavy (non-hydrogen) atoms. The largest absolute Gasteiger partial charge is 0.370 e. The van der Waals surface area contributed by atoms with Crippen molar-refractivity contribution in [1.82, 2.24) is 24.5 Å². The zero-order chi connectivity index (χ0) is 24.6. The molecule has 2 N–H and O–H groups in total. The SMILES string of the molecule is CCNc1nc(Nc2cc(C#N)cc(N3CCC4(CCN(C)C4)CC3)c2Cl)nn2c(C#N)cnc12. The minimum atomic E-state index is 0.248. The predicted molar refractivity (Wildman–Crippen MR) is 135 cm³/mol. The van der Waals surface area contributed by atoms with E-state index in [1.165, 1.54) is 17.1 Å². The molecule has 2 saturated heterocycles. The second kappa shape index (κ2) is 9.21. The first-order valence-corrected chi connectivity index (χ1v) is 12.2. The molecule has 2 aliphatic heterocycles. The Balaban J connectivity index is 1.46. The van der Waals surface area contributed by atoms with Gasteiger partial charge in [0.25, 0.3) is 0 Å². The first-order chi connectivity index (χ1) is 16.9. The van der Waals surface area contributed by atoms with Crippen LogP contribution in [0, 0.1) is 28.1 Å². The standard InChI is InChI=1S/C24H27ClN10/c1-3-28-21-22-29-14-17(13-27)35(22)32-23(31-21)30-18-10-16(12-26)11-19(20(18)25)34-8-5-24(6-9-34)4-7-33(2)15-24/h10-11,14H,3-9,15H2,1-2H3,(H2,28,30,31,32). The molecule has 0 bridgehead atoms. The van der Waals surface area contributed by atoms with Gasteiger partial charge in [-0.3, -0.25) is 0 Å². The highest BCUT2D eigenvalue weighted by atomic mass is 35.5. The van der Waals surface area contributed by atoms with Gasteiger partial charge in [0.1, 0.15) is 6.07 Å². The number of aromatic nitrogens is 4. The topological polar surface area (TPSA) is 121 Å². The molecule has 0 saturated carbocycles. The molecule has 2 aliphatic rings. The fourth-order valence-electron chi connectivity index (χ4n) is 5.20. The number of nitrogens with zero attached hydrogens (tertiary/aromatic N) is 8. The van der Waals surface area contributed by atoms with Crippen molar-refractivity contribution >= 4 is 40.4 Å². The lowest BCUT2D eigenvalue weighted by molar-refractivity contribution is 0.222. The third-order valence-electron chi connectivity index (χ3n) is 7.04. The summed E-state index contributed by atoms with van der Waals surface area (Å²) in [7, 11) is 2.19. The molecular weight excluding hydrogens is 464 g/mol. The lowest BCUT2D eigenvalue weighted by Gasteiger charge is -2.40. The second-order valence-corrected chi connectivity index (χ2v) is 9.75. The van der Waals surface area contributed by atoms with Gasteiger partial charge in [-0.05, 0) is 57.3 Å². The van der Waals surface area contributed by atoms with E-state index in [1.54, 1.807) is 6.07 Å². The van der Waals surface area contributed by atoms with Crippen LogP contribution in [0.4, 0.5) is 23.1 Å². The number of halogens is 1. The van der Waals surface area contributed by atoms with Gasteiger partial charge in [-0.25, -0.2) is 4.98 Å². The van der Waals surface area contributed by atoms with Crippen molar-refractivity contribution in [3.8, 4) is 12.1 Å². The second-order valence-electron chi connectivity index (χ2n) is 9.37. The van der Waals surface area contributed by atoms with Gasteiger partial charge in [0.05, 0.1) is 34.2 Å². The van der Waals surface area contributed by atoms with E-state index in [2.05, 4.69) is 54.7 Å². The molecule has 0 amide bonds. The average Bonchev–Trinajstić information content (AvgIpc) is 3.44. The summed E-state index contributed by atoms with van der Waals surface area (Å²) in [5.41, 5.74) is 3.03. The van der Waals surface area contributed by atoms with Crippen molar-refractivity contribution in [3.63, 3.8) is 0 Å². The smallest absolute Gasteiger partial charge is 0.247 e. The maximum atomic E-state index is 9.70. The Morgan fingerprint density at radius 2 is 1.91 bits per heavy atom. The molecule has 0 radical (unpaired) electrons. The van der Waals surface area contributed by atoms with E-state index in [0.717, 1.165) is 44.7 Å². The van der Waals surface area contributed by atoms with E-state index in [0.29, 0.717) is 45.4 Å². The Kier molecular flexibility index (Phi) is 6.10. The molecule has 3 aromatic rings. The summed E-state index contributed by atoms with van der Waals surface area (Å²) < 4.78 is 1.44. The van der Waals surface area contributed by atoms with Crippen LogP contribution in [0.1, 0.15) is 37.4 Å². The van der Waals surface area contributed by atoms with Crippen LogP contribution < -0.4 is 15.5 Å². The van der Waals surface area contributed by atoms with Gasteiger partial charge in [0.15, 0.2) is 17.2 Å². The molecule has 0 atom stereocenters. The molecular formula is C24H27ClN10. The Morgan fingerprint density at radius 3 is 2.57 bits per heavy atom. The summed E-state index contributed by atoms with van der Waals surface area (Å²) in [4.78, 5) is 13.5. The third kappa shape index (κ3) is 4.31. The minimum Gasteiger partial charge on any atom is -0.370 e. The van der Waals surface area contributed by atoms with Gasteiger partial charge in [0.2, 0.25) is 5.95 Å². The van der Waals surface area contributed by atoms with Crippen molar-refractivity contribution in [2.45, 2.75) is 26.2 Å². The molecule has 2 fully saturated rings. The number of benzene rings is 1. The molecule has 5 rings (SSSR count). The summed E-state index contributed by atoms with van der Waals surface area (Å²) >= 11 is 6.89. The number of rotatable bonds is 5. The first kappa shape index (κ1) is 23.2. The number of hydrogen-bond donors (Lipinski definition) is 2. The average molecular weight is 491 g/mol. The normalized spacial score (nSPS) is 17.5. The number of imidazole rings is 1. The number of nitriles is 2. The molecule has 10 nitrogen and oxygen atoms in total. The lowest BCUT2D eigenvalue weighted by Crippen LogP contribution is -2.41. The van der Waals surface area contributed by atoms with E-state index < -0.39 is 0 Å². The molecule has 0 unspecified atom stereocenters. The van der Waals surface area contributed by atoms with Crippen LogP contribution in [0.25, 0.3) is 5.65 Å². The van der Waals surface area contributed by atoms with Gasteiger partial charge in [0, 0.05) is 26.2 Å². The highest BCUT2D eigenvalue weighted by Gasteiger charge is 2.39. The molecule has 4 heterocycles. The van der Waals surface area contributed by atoms with Crippen LogP contribution in [-0.2, 0) is 0 Å². The summed E-state index contributed by atoms with van der Waals surface area (Å²) in [6, 6.07) is 7.89. The van der Waals surface area contributed by atoms with E-state index >= 15 is 0 Å². The molecule has 2 aromatic heterocycles. The summed E-state index contributed by atoms with van der Waals surface area (Å²) in [5.74, 6) is 0.750. The zero-order valence-electron chi connectivity index (χ0n) is 19.8. The third-order valence-corrected chi connectivity index (χ3v) is 7.44. The van der Waals surface area contributed by atoms with Gasteiger partial charge < -0.3 is 20.4 Å². The molecule has 180 valence electrons. The quantitative estimate of drug-likeness (QED) is 0.552. The van der Waals surface area contributed by atoms with E-state index in [4.69, 9.17) is 11.6 Å².